The second kappa shape index (κ2) is 10.3. The van der Waals surface area contributed by atoms with Gasteiger partial charge in [-0.3, -0.25) is 9.59 Å². The molecule has 0 saturated heterocycles. The van der Waals surface area contributed by atoms with Gasteiger partial charge >= 0.3 is 0 Å². The fourth-order valence-corrected chi connectivity index (χ4v) is 3.41. The van der Waals surface area contributed by atoms with Crippen molar-refractivity contribution >= 4 is 11.8 Å². The van der Waals surface area contributed by atoms with Crippen LogP contribution in [0.2, 0.25) is 0 Å². The van der Waals surface area contributed by atoms with Crippen molar-refractivity contribution in [3.63, 3.8) is 0 Å². The third kappa shape index (κ3) is 5.54. The molecule has 0 fully saturated rings. The number of rotatable bonds is 8. The minimum atomic E-state index is -0.711. The summed E-state index contributed by atoms with van der Waals surface area (Å²) in [7, 11) is 1.56. The van der Waals surface area contributed by atoms with E-state index in [0.717, 1.165) is 11.1 Å². The lowest BCUT2D eigenvalue weighted by Crippen LogP contribution is -2.50. The summed E-state index contributed by atoms with van der Waals surface area (Å²) in [5.74, 6) is -0.977. The number of hydrogen-bond donors (Lipinski definition) is 1. The van der Waals surface area contributed by atoms with Crippen molar-refractivity contribution < 1.29 is 14.0 Å². The molecular formula is C25H25FN2O2. The molecule has 3 aromatic carbocycles. The Hall–Kier alpha value is -3.47. The largest absolute Gasteiger partial charge is 0.357 e. The third-order valence-electron chi connectivity index (χ3n) is 5.01. The van der Waals surface area contributed by atoms with Crippen LogP contribution in [0.3, 0.4) is 0 Å². The number of carbonyl (C=O) groups is 2. The normalized spacial score (nSPS) is 11.5. The fourth-order valence-electron chi connectivity index (χ4n) is 3.41. The SMILES string of the molecule is CNC(=O)[C@@H](Cc1ccccc1)N(Cc1ccccc1)C(=O)Cc1ccccc1F. The van der Waals surface area contributed by atoms with E-state index in [1.54, 1.807) is 30.1 Å². The minimum absolute atomic E-state index is 0.109. The number of nitrogens with one attached hydrogen (secondary N) is 1. The highest BCUT2D eigenvalue weighted by Crippen LogP contribution is 2.17. The van der Waals surface area contributed by atoms with Gasteiger partial charge in [0.05, 0.1) is 6.42 Å². The molecule has 0 aliphatic carbocycles. The van der Waals surface area contributed by atoms with Crippen LogP contribution in [0.15, 0.2) is 84.9 Å². The molecule has 30 heavy (non-hydrogen) atoms. The predicted molar refractivity (Wildman–Crippen MR) is 115 cm³/mol. The summed E-state index contributed by atoms with van der Waals surface area (Å²) in [6.07, 6.45) is 0.262. The third-order valence-corrected chi connectivity index (χ3v) is 5.01. The summed E-state index contributed by atoms with van der Waals surface area (Å²) in [5.41, 5.74) is 2.17. The standard InChI is InChI=1S/C25H25FN2O2/c1-27-25(30)23(16-19-10-4-2-5-11-19)28(18-20-12-6-3-7-13-20)24(29)17-21-14-8-9-15-22(21)26/h2-15,23H,16-18H2,1H3,(H,27,30)/t23-/m1/s1. The van der Waals surface area contributed by atoms with Crippen molar-refractivity contribution in [3.05, 3.63) is 107 Å². The van der Waals surface area contributed by atoms with Crippen molar-refractivity contribution in [1.82, 2.24) is 10.2 Å². The lowest BCUT2D eigenvalue weighted by atomic mass is 10.0. The Kier molecular flexibility index (Phi) is 7.33. The van der Waals surface area contributed by atoms with Crippen LogP contribution in [0.1, 0.15) is 16.7 Å². The van der Waals surface area contributed by atoms with E-state index in [1.165, 1.54) is 6.07 Å². The van der Waals surface area contributed by atoms with Crippen LogP contribution in [-0.2, 0) is 29.0 Å². The van der Waals surface area contributed by atoms with Crippen LogP contribution in [0.5, 0.6) is 0 Å². The Labute approximate surface area is 176 Å². The molecule has 0 aromatic heterocycles. The zero-order valence-corrected chi connectivity index (χ0v) is 16.9. The summed E-state index contributed by atoms with van der Waals surface area (Å²) in [4.78, 5) is 27.6. The van der Waals surface area contributed by atoms with E-state index in [0.29, 0.717) is 12.0 Å². The molecule has 0 bridgehead atoms. The van der Waals surface area contributed by atoms with Crippen molar-refractivity contribution in [1.29, 1.82) is 0 Å². The monoisotopic (exact) mass is 404 g/mol. The Bertz CT molecular complexity index is 977. The van der Waals surface area contributed by atoms with Gasteiger partial charge in [0.15, 0.2) is 0 Å². The van der Waals surface area contributed by atoms with Crippen LogP contribution in [0, 0.1) is 5.82 Å². The highest BCUT2D eigenvalue weighted by Gasteiger charge is 2.30. The first-order valence-corrected chi connectivity index (χ1v) is 9.91. The number of benzene rings is 3. The summed E-state index contributed by atoms with van der Waals surface area (Å²) in [6, 6.07) is 24.6. The van der Waals surface area contributed by atoms with Gasteiger partial charge in [0, 0.05) is 20.0 Å². The first kappa shape index (κ1) is 21.2. The van der Waals surface area contributed by atoms with E-state index >= 15 is 0 Å². The highest BCUT2D eigenvalue weighted by molar-refractivity contribution is 5.88. The van der Waals surface area contributed by atoms with Crippen LogP contribution >= 0.6 is 0 Å². The zero-order valence-electron chi connectivity index (χ0n) is 16.9. The lowest BCUT2D eigenvalue weighted by Gasteiger charge is -2.31. The van der Waals surface area contributed by atoms with Crippen molar-refractivity contribution in [3.8, 4) is 0 Å². The van der Waals surface area contributed by atoms with E-state index in [2.05, 4.69) is 5.32 Å². The van der Waals surface area contributed by atoms with Gasteiger partial charge < -0.3 is 10.2 Å². The summed E-state index contributed by atoms with van der Waals surface area (Å²) < 4.78 is 14.2. The Balaban J connectivity index is 1.93. The molecule has 0 radical (unpaired) electrons. The molecular weight excluding hydrogens is 379 g/mol. The molecule has 0 aliphatic heterocycles. The van der Waals surface area contributed by atoms with Crippen LogP contribution in [0.25, 0.3) is 0 Å². The van der Waals surface area contributed by atoms with Crippen molar-refractivity contribution in [2.24, 2.45) is 0 Å². The summed E-state index contributed by atoms with van der Waals surface area (Å²) >= 11 is 0. The quantitative estimate of drug-likeness (QED) is 0.622. The number of amides is 2. The number of likely N-dealkylation sites (N-methyl/N-ethyl adjacent to an activating group) is 1. The maximum Gasteiger partial charge on any atom is 0.242 e. The molecule has 5 heteroatoms. The average molecular weight is 404 g/mol. The Morgan fingerprint density at radius 1 is 0.867 bits per heavy atom. The molecule has 1 atom stereocenters. The lowest BCUT2D eigenvalue weighted by molar-refractivity contribution is -0.140. The van der Waals surface area contributed by atoms with Gasteiger partial charge in [-0.05, 0) is 22.8 Å². The van der Waals surface area contributed by atoms with E-state index in [-0.39, 0.29) is 24.8 Å². The van der Waals surface area contributed by atoms with Gasteiger partial charge in [-0.25, -0.2) is 4.39 Å². The molecule has 2 amide bonds. The number of carbonyl (C=O) groups excluding carboxylic acids is 2. The van der Waals surface area contributed by atoms with Crippen molar-refractivity contribution in [2.75, 3.05) is 7.05 Å². The number of hydrogen-bond acceptors (Lipinski definition) is 2. The molecule has 3 rings (SSSR count). The molecule has 0 aliphatic rings. The van der Waals surface area contributed by atoms with Gasteiger partial charge in [-0.2, -0.15) is 0 Å². The van der Waals surface area contributed by atoms with E-state index < -0.39 is 11.9 Å². The zero-order chi connectivity index (χ0) is 21.3. The predicted octanol–water partition coefficient (Wildman–Crippen LogP) is 3.75. The van der Waals surface area contributed by atoms with Crippen LogP contribution < -0.4 is 5.32 Å². The maximum atomic E-state index is 14.2. The van der Waals surface area contributed by atoms with E-state index in [9.17, 15) is 14.0 Å². The number of nitrogens with zero attached hydrogens (tertiary/aromatic N) is 1. The first-order chi connectivity index (χ1) is 14.6. The molecule has 154 valence electrons. The van der Waals surface area contributed by atoms with Gasteiger partial charge in [0.1, 0.15) is 11.9 Å². The minimum Gasteiger partial charge on any atom is -0.357 e. The fraction of sp³-hybridized carbons (Fsp3) is 0.200. The molecule has 0 saturated carbocycles. The first-order valence-electron chi connectivity index (χ1n) is 9.91. The summed E-state index contributed by atoms with van der Waals surface area (Å²) in [5, 5.41) is 2.67. The summed E-state index contributed by atoms with van der Waals surface area (Å²) in [6.45, 7) is 0.263. The van der Waals surface area contributed by atoms with Crippen LogP contribution in [0.4, 0.5) is 4.39 Å². The van der Waals surface area contributed by atoms with Gasteiger partial charge in [-0.15, -0.1) is 0 Å². The maximum absolute atomic E-state index is 14.2. The average Bonchev–Trinajstić information content (AvgIpc) is 2.78. The van der Waals surface area contributed by atoms with E-state index in [4.69, 9.17) is 0 Å². The second-order valence-corrected chi connectivity index (χ2v) is 7.10. The Morgan fingerprint density at radius 3 is 2.03 bits per heavy atom. The van der Waals surface area contributed by atoms with Crippen LogP contribution in [-0.4, -0.2) is 29.8 Å². The molecule has 1 N–H and O–H groups in total. The van der Waals surface area contributed by atoms with E-state index in [1.807, 2.05) is 60.7 Å². The Morgan fingerprint density at radius 2 is 1.43 bits per heavy atom. The molecule has 4 nitrogen and oxygen atoms in total. The molecule has 0 heterocycles. The topological polar surface area (TPSA) is 49.4 Å². The van der Waals surface area contributed by atoms with Gasteiger partial charge in [0.2, 0.25) is 11.8 Å². The van der Waals surface area contributed by atoms with Gasteiger partial charge in [-0.1, -0.05) is 78.9 Å². The number of halogens is 1. The smallest absolute Gasteiger partial charge is 0.242 e. The molecule has 0 spiro atoms. The van der Waals surface area contributed by atoms with Gasteiger partial charge in [0.25, 0.3) is 0 Å². The molecule has 0 unspecified atom stereocenters. The van der Waals surface area contributed by atoms with Crippen molar-refractivity contribution in [2.45, 2.75) is 25.4 Å². The highest BCUT2D eigenvalue weighted by atomic mass is 19.1. The molecule has 3 aromatic rings. The second-order valence-electron chi connectivity index (χ2n) is 7.10.